The van der Waals surface area contributed by atoms with E-state index in [4.69, 9.17) is 0 Å². The van der Waals surface area contributed by atoms with Gasteiger partial charge in [-0.15, -0.1) is 0 Å². The first-order valence-electron chi connectivity index (χ1n) is 6.71. The smallest absolute Gasteiger partial charge is 0.265 e. The maximum absolute atomic E-state index is 12.6. The zero-order valence-corrected chi connectivity index (χ0v) is 12.3. The van der Waals surface area contributed by atoms with E-state index in [0.717, 1.165) is 23.4 Å². The second kappa shape index (κ2) is 5.54. The van der Waals surface area contributed by atoms with Gasteiger partial charge in [-0.3, -0.25) is 4.68 Å². The summed E-state index contributed by atoms with van der Waals surface area (Å²) in [5.41, 5.74) is 0.953. The summed E-state index contributed by atoms with van der Waals surface area (Å²) >= 11 is 0. The molecule has 1 heterocycles. The highest BCUT2D eigenvalue weighted by Gasteiger charge is 2.30. The van der Waals surface area contributed by atoms with Gasteiger partial charge in [-0.1, -0.05) is 32.9 Å². The summed E-state index contributed by atoms with van der Waals surface area (Å²) in [6, 6.07) is 6.96. The van der Waals surface area contributed by atoms with E-state index in [1.807, 2.05) is 0 Å². The van der Waals surface area contributed by atoms with Crippen LogP contribution in [0.15, 0.2) is 36.5 Å². The van der Waals surface area contributed by atoms with Crippen LogP contribution in [0.5, 0.6) is 0 Å². The molecule has 0 saturated carbocycles. The summed E-state index contributed by atoms with van der Waals surface area (Å²) in [4.78, 5) is 0. The maximum atomic E-state index is 12.6. The Morgan fingerprint density at radius 2 is 1.67 bits per heavy atom. The highest BCUT2D eigenvalue weighted by molar-refractivity contribution is 5.59. The molecular weight excluding hydrogens is 277 g/mol. The Balaban J connectivity index is 2.21. The highest BCUT2D eigenvalue weighted by atomic mass is 19.4. The van der Waals surface area contributed by atoms with E-state index < -0.39 is 11.7 Å². The average Bonchev–Trinajstić information content (AvgIpc) is 2.83. The number of benzene rings is 1. The van der Waals surface area contributed by atoms with Crippen LogP contribution in [0, 0.1) is 11.8 Å². The predicted octanol–water partition coefficient (Wildman–Crippen LogP) is 4.82. The van der Waals surface area contributed by atoms with E-state index in [9.17, 15) is 13.2 Å². The van der Waals surface area contributed by atoms with Crippen LogP contribution in [-0.4, -0.2) is 9.78 Å². The lowest BCUT2D eigenvalue weighted by Crippen LogP contribution is -2.13. The first kappa shape index (κ1) is 15.6. The lowest BCUT2D eigenvalue weighted by Gasteiger charge is -2.18. The molecule has 0 aliphatic rings. The third-order valence-electron chi connectivity index (χ3n) is 3.10. The van der Waals surface area contributed by atoms with E-state index in [1.54, 1.807) is 16.9 Å². The van der Waals surface area contributed by atoms with Crippen molar-refractivity contribution in [3.63, 3.8) is 0 Å². The van der Waals surface area contributed by atoms with Gasteiger partial charge in [-0.25, -0.2) is 0 Å². The van der Waals surface area contributed by atoms with Crippen molar-refractivity contribution in [2.24, 2.45) is 5.41 Å². The number of alkyl halides is 3. The van der Waals surface area contributed by atoms with E-state index in [2.05, 4.69) is 32.3 Å². The lowest BCUT2D eigenvalue weighted by atomic mass is 9.92. The van der Waals surface area contributed by atoms with Crippen LogP contribution in [0.4, 0.5) is 13.2 Å². The molecule has 0 amide bonds. The molecule has 0 aliphatic heterocycles. The third-order valence-corrected chi connectivity index (χ3v) is 3.10. The van der Waals surface area contributed by atoms with Crippen molar-refractivity contribution in [3.8, 4) is 11.3 Å². The monoisotopic (exact) mass is 295 g/mol. The fourth-order valence-corrected chi connectivity index (χ4v) is 1.91. The second-order valence-corrected chi connectivity index (χ2v) is 6.04. The molecule has 0 spiro atoms. The number of nitrogens with zero attached hydrogens (tertiary/aromatic N) is 2. The molecule has 0 fully saturated rings. The van der Waals surface area contributed by atoms with Crippen LogP contribution in [0.25, 0.3) is 11.3 Å². The summed E-state index contributed by atoms with van der Waals surface area (Å²) in [5.74, 6) is 0. The first-order chi connectivity index (χ1) is 9.67. The van der Waals surface area contributed by atoms with E-state index in [1.165, 1.54) is 12.1 Å². The van der Waals surface area contributed by atoms with Crippen molar-refractivity contribution < 1.29 is 13.2 Å². The van der Waals surface area contributed by atoms with Crippen molar-refractivity contribution >= 4 is 0 Å². The van der Waals surface area contributed by atoms with Gasteiger partial charge in [0, 0.05) is 12.7 Å². The number of rotatable bonds is 3. The molecule has 1 radical (unpaired) electrons. The van der Waals surface area contributed by atoms with Gasteiger partial charge >= 0.3 is 6.18 Å². The molecule has 21 heavy (non-hydrogen) atoms. The van der Waals surface area contributed by atoms with Gasteiger partial charge in [0.15, 0.2) is 0 Å². The first-order valence-corrected chi connectivity index (χ1v) is 6.71. The minimum absolute atomic E-state index is 0.0589. The van der Waals surface area contributed by atoms with Crippen molar-refractivity contribution in [2.75, 3.05) is 0 Å². The molecular formula is C16H18F3N2. The fraction of sp³-hybridized carbons (Fsp3) is 0.375. The molecule has 2 aromatic rings. The standard InChI is InChI=1S/C16H18F3N2/c1-15(2,3)9-11-21-14(8-10-20-21)12-4-6-13(7-5-12)16(17,18)19/h4-10H,11H2,1-3H3. The fourth-order valence-electron chi connectivity index (χ4n) is 1.91. The zero-order valence-electron chi connectivity index (χ0n) is 12.3. The highest BCUT2D eigenvalue weighted by Crippen LogP contribution is 2.31. The Kier molecular flexibility index (Phi) is 4.12. The Morgan fingerprint density at radius 1 is 1.05 bits per heavy atom. The van der Waals surface area contributed by atoms with E-state index >= 15 is 0 Å². The van der Waals surface area contributed by atoms with Gasteiger partial charge in [-0.05, 0) is 35.6 Å². The zero-order chi connectivity index (χ0) is 15.7. The number of hydrogen-bond acceptors (Lipinski definition) is 1. The van der Waals surface area contributed by atoms with Crippen LogP contribution in [-0.2, 0) is 12.7 Å². The molecule has 2 nitrogen and oxygen atoms in total. The van der Waals surface area contributed by atoms with Crippen LogP contribution in [0.2, 0.25) is 0 Å². The van der Waals surface area contributed by atoms with Crippen molar-refractivity contribution in [1.29, 1.82) is 0 Å². The maximum Gasteiger partial charge on any atom is 0.416 e. The summed E-state index contributed by atoms with van der Waals surface area (Å²) < 4.78 is 39.5. The minimum atomic E-state index is -4.31. The van der Waals surface area contributed by atoms with Gasteiger partial charge in [-0.2, -0.15) is 18.3 Å². The molecule has 113 valence electrons. The van der Waals surface area contributed by atoms with E-state index in [0.29, 0.717) is 6.54 Å². The summed E-state index contributed by atoms with van der Waals surface area (Å²) in [6.07, 6.45) is -0.532. The Bertz CT molecular complexity index is 589. The van der Waals surface area contributed by atoms with Crippen molar-refractivity contribution in [1.82, 2.24) is 9.78 Å². The summed E-state index contributed by atoms with van der Waals surface area (Å²) in [7, 11) is 0. The molecule has 0 saturated heterocycles. The molecule has 0 unspecified atom stereocenters. The predicted molar refractivity (Wildman–Crippen MR) is 76.4 cm³/mol. The largest absolute Gasteiger partial charge is 0.416 e. The number of aromatic nitrogens is 2. The summed E-state index contributed by atoms with van der Waals surface area (Å²) in [6.45, 7) is 6.89. The second-order valence-electron chi connectivity index (χ2n) is 6.04. The van der Waals surface area contributed by atoms with E-state index in [-0.39, 0.29) is 5.41 Å². The Labute approximate surface area is 122 Å². The lowest BCUT2D eigenvalue weighted by molar-refractivity contribution is -0.137. The van der Waals surface area contributed by atoms with Crippen molar-refractivity contribution in [2.45, 2.75) is 33.5 Å². The molecule has 0 N–H and O–H groups in total. The van der Waals surface area contributed by atoms with Gasteiger partial charge in [0.2, 0.25) is 0 Å². The quantitative estimate of drug-likeness (QED) is 0.794. The molecule has 1 aromatic carbocycles. The van der Waals surface area contributed by atoms with Gasteiger partial charge < -0.3 is 0 Å². The molecule has 1 aromatic heterocycles. The summed E-state index contributed by atoms with van der Waals surface area (Å²) in [5, 5.41) is 4.23. The molecule has 2 rings (SSSR count). The Morgan fingerprint density at radius 3 is 2.19 bits per heavy atom. The normalized spacial score (nSPS) is 12.7. The molecule has 0 aliphatic carbocycles. The molecule has 0 bridgehead atoms. The van der Waals surface area contributed by atoms with Crippen LogP contribution in [0.3, 0.4) is 0 Å². The molecule has 0 atom stereocenters. The topological polar surface area (TPSA) is 17.8 Å². The van der Waals surface area contributed by atoms with Gasteiger partial charge in [0.1, 0.15) is 0 Å². The Hall–Kier alpha value is -1.78. The van der Waals surface area contributed by atoms with Crippen LogP contribution < -0.4 is 0 Å². The van der Waals surface area contributed by atoms with Gasteiger partial charge in [0.05, 0.1) is 11.3 Å². The van der Waals surface area contributed by atoms with Crippen LogP contribution >= 0.6 is 0 Å². The SMILES string of the molecule is CC(C)(C)[CH]Cn1nccc1-c1ccc(C(F)(F)F)cc1. The van der Waals surface area contributed by atoms with Gasteiger partial charge in [0.25, 0.3) is 0 Å². The van der Waals surface area contributed by atoms with Crippen molar-refractivity contribution in [3.05, 3.63) is 48.5 Å². The average molecular weight is 295 g/mol. The van der Waals surface area contributed by atoms with Crippen LogP contribution in [0.1, 0.15) is 26.3 Å². The number of hydrogen-bond donors (Lipinski definition) is 0. The minimum Gasteiger partial charge on any atom is -0.265 e. The third kappa shape index (κ3) is 4.09. The number of halogens is 3. The molecule has 5 heteroatoms.